The molecule has 0 radical (unpaired) electrons. The zero-order chi connectivity index (χ0) is 28.8. The summed E-state index contributed by atoms with van der Waals surface area (Å²) < 4.78 is 22.8. The van der Waals surface area contributed by atoms with E-state index in [1.807, 2.05) is 13.8 Å². The van der Waals surface area contributed by atoms with Crippen LogP contribution in [0.2, 0.25) is 15.5 Å². The van der Waals surface area contributed by atoms with E-state index in [4.69, 9.17) is 37.1 Å². The summed E-state index contributed by atoms with van der Waals surface area (Å²) in [4.78, 5) is 13.2. The van der Waals surface area contributed by atoms with Gasteiger partial charge in [0.1, 0.15) is 11.6 Å². The standard InChI is InChI=1S/C31H34Cl2N4O3Si/c1-29(2,3)41(19-12-8-6-9-13-19,20-14-10-7-11-15-20)38-17-31-16-21(31)23(24-25(31)40-30(4,5)39-24)37-18-34-22-26(32)35-28(33)36-27(22)37/h6-15,18,21,23-25H,16-17H2,1-5H3/t21-,23-,24+,25+,31+/m1/s1. The van der Waals surface area contributed by atoms with Crippen LogP contribution in [-0.4, -0.2) is 52.4 Å². The smallest absolute Gasteiger partial charge is 0.261 e. The lowest BCUT2D eigenvalue weighted by atomic mass is 10.0. The molecule has 0 amide bonds. The molecule has 0 unspecified atom stereocenters. The molecule has 10 heteroatoms. The minimum atomic E-state index is -2.73. The Bertz CT molecular complexity index is 1570. The van der Waals surface area contributed by atoms with Crippen molar-refractivity contribution in [1.29, 1.82) is 0 Å². The first-order valence-electron chi connectivity index (χ1n) is 14.1. The first kappa shape index (κ1) is 27.5. The minimum Gasteiger partial charge on any atom is -0.407 e. The van der Waals surface area contributed by atoms with Crippen molar-refractivity contribution in [3.8, 4) is 0 Å². The Labute approximate surface area is 251 Å². The molecule has 4 aromatic rings. The molecule has 0 N–H and O–H groups in total. The minimum absolute atomic E-state index is 0.0448. The SMILES string of the molecule is CC1(C)O[C@H]2[C@H](n3cnc4c(Cl)nc(Cl)nc43)[C@H]3C[C@@]3(CO[Si](c3ccccc3)(c3ccccc3)C(C)(C)C)[C@H]2O1. The van der Waals surface area contributed by atoms with Gasteiger partial charge in [-0.2, -0.15) is 4.98 Å². The zero-order valence-corrected chi connectivity index (χ0v) is 26.4. The highest BCUT2D eigenvalue weighted by Gasteiger charge is 2.76. The van der Waals surface area contributed by atoms with Gasteiger partial charge in [0.25, 0.3) is 8.32 Å². The van der Waals surface area contributed by atoms with Crippen molar-refractivity contribution < 1.29 is 13.9 Å². The summed E-state index contributed by atoms with van der Waals surface area (Å²) in [5.74, 6) is -0.455. The van der Waals surface area contributed by atoms with E-state index < -0.39 is 14.1 Å². The Morgan fingerprint density at radius 1 is 0.976 bits per heavy atom. The third-order valence-electron chi connectivity index (χ3n) is 9.27. The average molecular weight is 610 g/mol. The molecule has 3 aliphatic rings. The molecule has 2 aromatic heterocycles. The molecule has 2 aromatic carbocycles. The fourth-order valence-electron chi connectivity index (χ4n) is 7.53. The normalized spacial score (nSPS) is 28.6. The number of rotatable bonds is 6. The molecule has 5 atom stereocenters. The number of imidazole rings is 1. The van der Waals surface area contributed by atoms with Crippen molar-refractivity contribution in [2.75, 3.05) is 6.61 Å². The second-order valence-corrected chi connectivity index (χ2v) is 18.1. The van der Waals surface area contributed by atoms with Gasteiger partial charge < -0.3 is 18.5 Å². The first-order chi connectivity index (χ1) is 19.5. The highest BCUT2D eigenvalue weighted by Crippen LogP contribution is 2.72. The number of nitrogens with zero attached hydrogens (tertiary/aromatic N) is 4. The van der Waals surface area contributed by atoms with Crippen LogP contribution in [0.4, 0.5) is 0 Å². The van der Waals surface area contributed by atoms with Gasteiger partial charge in [0.05, 0.1) is 18.5 Å². The first-order valence-corrected chi connectivity index (χ1v) is 16.8. The van der Waals surface area contributed by atoms with Crippen LogP contribution in [-0.2, 0) is 13.9 Å². The second kappa shape index (κ2) is 9.33. The molecule has 7 rings (SSSR count). The highest BCUT2D eigenvalue weighted by atomic mass is 35.5. The van der Waals surface area contributed by atoms with Crippen molar-refractivity contribution >= 4 is 53.1 Å². The van der Waals surface area contributed by atoms with E-state index >= 15 is 0 Å². The van der Waals surface area contributed by atoms with Gasteiger partial charge in [0, 0.05) is 12.0 Å². The monoisotopic (exact) mass is 608 g/mol. The van der Waals surface area contributed by atoms with E-state index in [2.05, 4.69) is 101 Å². The van der Waals surface area contributed by atoms with E-state index in [-0.39, 0.29) is 45.1 Å². The number of ether oxygens (including phenoxy) is 2. The molecule has 0 spiro atoms. The van der Waals surface area contributed by atoms with Crippen molar-refractivity contribution in [3.05, 3.63) is 77.4 Å². The van der Waals surface area contributed by atoms with Crippen LogP contribution in [0.3, 0.4) is 0 Å². The molecular formula is C31H34Cl2N4O3Si. The van der Waals surface area contributed by atoms with Crippen LogP contribution in [0.1, 0.15) is 47.1 Å². The summed E-state index contributed by atoms with van der Waals surface area (Å²) in [7, 11) is -2.73. The topological polar surface area (TPSA) is 71.3 Å². The molecule has 0 bridgehead atoms. The van der Waals surface area contributed by atoms with Gasteiger partial charge in [-0.3, -0.25) is 0 Å². The summed E-state index contributed by atoms with van der Waals surface area (Å²) in [5, 5.41) is 2.76. The Hall–Kier alpha value is -2.33. The molecule has 1 aliphatic heterocycles. The predicted molar refractivity (Wildman–Crippen MR) is 162 cm³/mol. The maximum absolute atomic E-state index is 7.47. The Morgan fingerprint density at radius 2 is 1.61 bits per heavy atom. The maximum atomic E-state index is 7.47. The molecule has 41 heavy (non-hydrogen) atoms. The van der Waals surface area contributed by atoms with Crippen molar-refractivity contribution in [2.45, 2.75) is 70.1 Å². The molecule has 3 fully saturated rings. The molecule has 1 saturated heterocycles. The second-order valence-electron chi connectivity index (χ2n) is 13.1. The summed E-state index contributed by atoms with van der Waals surface area (Å²) in [6.45, 7) is 11.5. The van der Waals surface area contributed by atoms with Gasteiger partial charge in [-0.1, -0.05) is 93.0 Å². The van der Waals surface area contributed by atoms with E-state index in [1.54, 1.807) is 6.33 Å². The lowest BCUT2D eigenvalue weighted by Gasteiger charge is -2.44. The summed E-state index contributed by atoms with van der Waals surface area (Å²) in [5.41, 5.74) is 0.947. The Morgan fingerprint density at radius 3 is 2.22 bits per heavy atom. The number of aromatic nitrogens is 4. The fourth-order valence-corrected chi connectivity index (χ4v) is 12.6. The lowest BCUT2D eigenvalue weighted by Crippen LogP contribution is -2.67. The van der Waals surface area contributed by atoms with Crippen LogP contribution >= 0.6 is 23.2 Å². The molecular weight excluding hydrogens is 575 g/mol. The van der Waals surface area contributed by atoms with E-state index in [1.165, 1.54) is 10.4 Å². The summed E-state index contributed by atoms with van der Waals surface area (Å²) >= 11 is 12.6. The predicted octanol–water partition coefficient (Wildman–Crippen LogP) is 5.79. The Balaban J connectivity index is 1.31. The number of hydrogen-bond donors (Lipinski definition) is 0. The molecule has 3 heterocycles. The number of fused-ring (bicyclic) bond motifs is 4. The molecule has 214 valence electrons. The third-order valence-corrected chi connectivity index (χ3v) is 14.7. The van der Waals surface area contributed by atoms with Crippen LogP contribution in [0, 0.1) is 11.3 Å². The molecule has 7 nitrogen and oxygen atoms in total. The average Bonchev–Trinajstić information content (AvgIpc) is 3.18. The van der Waals surface area contributed by atoms with Gasteiger partial charge in [0.15, 0.2) is 16.6 Å². The van der Waals surface area contributed by atoms with Crippen LogP contribution in [0.15, 0.2) is 67.0 Å². The zero-order valence-electron chi connectivity index (χ0n) is 23.8. The lowest BCUT2D eigenvalue weighted by molar-refractivity contribution is -0.162. The van der Waals surface area contributed by atoms with E-state index in [9.17, 15) is 0 Å². The van der Waals surface area contributed by atoms with E-state index in [0.717, 1.165) is 6.42 Å². The fraction of sp³-hybridized carbons (Fsp3) is 0.452. The number of hydrogen-bond acceptors (Lipinski definition) is 6. The summed E-state index contributed by atoms with van der Waals surface area (Å²) in [6.07, 6.45) is 2.44. The van der Waals surface area contributed by atoms with E-state index in [0.29, 0.717) is 17.8 Å². The molecule has 2 aliphatic carbocycles. The number of halogens is 2. The van der Waals surface area contributed by atoms with Gasteiger partial charge >= 0.3 is 0 Å². The van der Waals surface area contributed by atoms with Gasteiger partial charge in [-0.15, -0.1) is 0 Å². The van der Waals surface area contributed by atoms with Gasteiger partial charge in [-0.25, -0.2) is 9.97 Å². The number of benzene rings is 2. The Kier molecular flexibility index (Phi) is 6.26. The van der Waals surface area contributed by atoms with Crippen LogP contribution in [0.25, 0.3) is 11.2 Å². The molecule has 2 saturated carbocycles. The third kappa shape index (κ3) is 4.13. The largest absolute Gasteiger partial charge is 0.407 e. The van der Waals surface area contributed by atoms with Crippen molar-refractivity contribution in [1.82, 2.24) is 19.5 Å². The highest BCUT2D eigenvalue weighted by molar-refractivity contribution is 6.99. The van der Waals surface area contributed by atoms with Crippen LogP contribution < -0.4 is 10.4 Å². The maximum Gasteiger partial charge on any atom is 0.261 e. The van der Waals surface area contributed by atoms with Gasteiger partial charge in [-0.05, 0) is 53.2 Å². The summed E-state index contributed by atoms with van der Waals surface area (Å²) in [6, 6.07) is 21.5. The van der Waals surface area contributed by atoms with Crippen LogP contribution in [0.5, 0.6) is 0 Å². The van der Waals surface area contributed by atoms with Crippen molar-refractivity contribution in [2.24, 2.45) is 11.3 Å². The quantitative estimate of drug-likeness (QED) is 0.157. The van der Waals surface area contributed by atoms with Gasteiger partial charge in [0.2, 0.25) is 5.28 Å². The van der Waals surface area contributed by atoms with Crippen molar-refractivity contribution in [3.63, 3.8) is 0 Å².